The van der Waals surface area contributed by atoms with Crippen molar-refractivity contribution in [3.8, 4) is 0 Å². The highest BCUT2D eigenvalue weighted by atomic mass is 16.5. The summed E-state index contributed by atoms with van der Waals surface area (Å²) in [6, 6.07) is 0.422. The van der Waals surface area contributed by atoms with Crippen LogP contribution in [0, 0.1) is 5.92 Å². The molecule has 4 heteroatoms. The van der Waals surface area contributed by atoms with Gasteiger partial charge in [-0.25, -0.2) is 0 Å². The van der Waals surface area contributed by atoms with Crippen molar-refractivity contribution in [3.05, 3.63) is 0 Å². The highest BCUT2D eigenvalue weighted by Gasteiger charge is 2.34. The molecule has 2 rings (SSSR count). The molecule has 1 saturated heterocycles. The highest BCUT2D eigenvalue weighted by Crippen LogP contribution is 2.33. The number of likely N-dealkylation sites (N-methyl/N-ethyl adjacent to an activating group) is 1. The first-order valence-corrected chi connectivity index (χ1v) is 7.30. The lowest BCUT2D eigenvalue weighted by atomic mass is 9.79. The van der Waals surface area contributed by atoms with Gasteiger partial charge in [-0.1, -0.05) is 0 Å². The lowest BCUT2D eigenvalue weighted by molar-refractivity contribution is -0.135. The number of amides is 1. The van der Waals surface area contributed by atoms with E-state index in [0.717, 1.165) is 51.8 Å². The topological polar surface area (TPSA) is 41.6 Å². The van der Waals surface area contributed by atoms with Crippen LogP contribution < -0.4 is 5.32 Å². The summed E-state index contributed by atoms with van der Waals surface area (Å²) < 4.78 is 5.54. The lowest BCUT2D eigenvalue weighted by Crippen LogP contribution is -2.43. The fraction of sp³-hybridized carbons (Fsp3) is 0.929. The first-order chi connectivity index (χ1) is 8.74. The van der Waals surface area contributed by atoms with Crippen LogP contribution in [0.3, 0.4) is 0 Å². The average molecular weight is 254 g/mol. The van der Waals surface area contributed by atoms with Crippen LogP contribution in [-0.2, 0) is 9.53 Å². The molecule has 0 aromatic heterocycles. The summed E-state index contributed by atoms with van der Waals surface area (Å²) in [5.74, 6) is 0.914. The summed E-state index contributed by atoms with van der Waals surface area (Å²) in [6.45, 7) is 4.71. The smallest absolute Gasteiger partial charge is 0.223 e. The number of carbonyl (C=O) groups excluding carboxylic acids is 1. The standard InChI is InChI=1S/C14H26N2O2/c1-3-18-13-7-11(8-13)9-14(17)16-6-4-5-12(16)10-15-2/h11-13,15H,3-10H2,1-2H3. The van der Waals surface area contributed by atoms with Crippen molar-refractivity contribution < 1.29 is 9.53 Å². The van der Waals surface area contributed by atoms with E-state index in [1.165, 1.54) is 0 Å². The number of ether oxygens (including phenoxy) is 1. The fourth-order valence-electron chi connectivity index (χ4n) is 3.19. The minimum absolute atomic E-state index is 0.354. The van der Waals surface area contributed by atoms with Crippen LogP contribution in [0.2, 0.25) is 0 Å². The molecule has 1 unspecified atom stereocenters. The Morgan fingerprint density at radius 2 is 2.22 bits per heavy atom. The van der Waals surface area contributed by atoms with E-state index in [1.807, 2.05) is 14.0 Å². The van der Waals surface area contributed by atoms with E-state index in [9.17, 15) is 4.79 Å². The third-order valence-corrected chi connectivity index (χ3v) is 4.20. The van der Waals surface area contributed by atoms with Gasteiger partial charge in [0.2, 0.25) is 5.91 Å². The van der Waals surface area contributed by atoms with Crippen molar-refractivity contribution in [2.75, 3.05) is 26.7 Å². The zero-order valence-corrected chi connectivity index (χ0v) is 11.7. The van der Waals surface area contributed by atoms with Gasteiger partial charge in [0.1, 0.15) is 0 Å². The van der Waals surface area contributed by atoms with Gasteiger partial charge >= 0.3 is 0 Å². The van der Waals surface area contributed by atoms with Crippen LogP contribution >= 0.6 is 0 Å². The SMILES string of the molecule is CCOC1CC(CC(=O)N2CCCC2CNC)C1. The Kier molecular flexibility index (Phi) is 5.01. The molecule has 104 valence electrons. The normalized spacial score (nSPS) is 31.4. The summed E-state index contributed by atoms with van der Waals surface area (Å²) in [4.78, 5) is 14.3. The molecule has 2 fully saturated rings. The van der Waals surface area contributed by atoms with Gasteiger partial charge in [-0.15, -0.1) is 0 Å². The lowest BCUT2D eigenvalue weighted by Gasteiger charge is -2.36. The molecule has 0 spiro atoms. The summed E-state index contributed by atoms with van der Waals surface area (Å²) >= 11 is 0. The molecule has 1 atom stereocenters. The van der Waals surface area contributed by atoms with E-state index in [-0.39, 0.29) is 0 Å². The minimum atomic E-state index is 0.354. The molecule has 0 aromatic carbocycles. The Balaban J connectivity index is 1.72. The van der Waals surface area contributed by atoms with Gasteiger partial charge in [-0.05, 0) is 45.6 Å². The van der Waals surface area contributed by atoms with E-state index in [0.29, 0.717) is 24.0 Å². The van der Waals surface area contributed by atoms with Crippen molar-refractivity contribution in [3.63, 3.8) is 0 Å². The van der Waals surface area contributed by atoms with Crippen LogP contribution in [0.5, 0.6) is 0 Å². The van der Waals surface area contributed by atoms with Gasteiger partial charge in [0.25, 0.3) is 0 Å². The van der Waals surface area contributed by atoms with E-state index < -0.39 is 0 Å². The van der Waals surface area contributed by atoms with Gasteiger partial charge in [-0.3, -0.25) is 4.79 Å². The van der Waals surface area contributed by atoms with E-state index in [4.69, 9.17) is 4.74 Å². The van der Waals surface area contributed by atoms with Crippen molar-refractivity contribution in [1.82, 2.24) is 10.2 Å². The summed E-state index contributed by atoms with van der Waals surface area (Å²) in [5.41, 5.74) is 0. The molecule has 1 aliphatic carbocycles. The molecule has 1 aliphatic heterocycles. The highest BCUT2D eigenvalue weighted by molar-refractivity contribution is 5.77. The molecular formula is C14H26N2O2. The molecule has 0 aromatic rings. The van der Waals surface area contributed by atoms with E-state index >= 15 is 0 Å². The molecule has 1 saturated carbocycles. The second-order valence-corrected chi connectivity index (χ2v) is 5.56. The van der Waals surface area contributed by atoms with Crippen LogP contribution in [0.1, 0.15) is 39.0 Å². The molecule has 0 radical (unpaired) electrons. The maximum atomic E-state index is 12.3. The summed E-state index contributed by atoms with van der Waals surface area (Å²) in [6.07, 6.45) is 5.60. The molecular weight excluding hydrogens is 228 g/mol. The monoisotopic (exact) mass is 254 g/mol. The Hall–Kier alpha value is -0.610. The number of hydrogen-bond acceptors (Lipinski definition) is 3. The van der Waals surface area contributed by atoms with Crippen LogP contribution in [0.4, 0.5) is 0 Å². The van der Waals surface area contributed by atoms with Crippen molar-refractivity contribution in [2.24, 2.45) is 5.92 Å². The number of nitrogens with zero attached hydrogens (tertiary/aromatic N) is 1. The second kappa shape index (κ2) is 6.53. The van der Waals surface area contributed by atoms with Gasteiger partial charge in [-0.2, -0.15) is 0 Å². The van der Waals surface area contributed by atoms with Gasteiger partial charge in [0.05, 0.1) is 6.10 Å². The molecule has 1 amide bonds. The Labute approximate surface area is 110 Å². The van der Waals surface area contributed by atoms with E-state index in [1.54, 1.807) is 0 Å². The second-order valence-electron chi connectivity index (χ2n) is 5.56. The number of carbonyl (C=O) groups is 1. The third-order valence-electron chi connectivity index (χ3n) is 4.20. The zero-order valence-electron chi connectivity index (χ0n) is 11.7. The van der Waals surface area contributed by atoms with Gasteiger partial charge in [0, 0.05) is 32.2 Å². The Bertz CT molecular complexity index is 277. The first-order valence-electron chi connectivity index (χ1n) is 7.30. The predicted octanol–water partition coefficient (Wildman–Crippen LogP) is 1.40. The molecule has 1 N–H and O–H groups in total. The van der Waals surface area contributed by atoms with Crippen molar-refractivity contribution in [2.45, 2.75) is 51.2 Å². The maximum absolute atomic E-state index is 12.3. The Morgan fingerprint density at radius 1 is 1.44 bits per heavy atom. The van der Waals surface area contributed by atoms with Crippen LogP contribution in [0.25, 0.3) is 0 Å². The number of likely N-dealkylation sites (tertiary alicyclic amines) is 1. The van der Waals surface area contributed by atoms with Crippen molar-refractivity contribution in [1.29, 1.82) is 0 Å². The average Bonchev–Trinajstić information content (AvgIpc) is 2.75. The number of nitrogens with one attached hydrogen (secondary N) is 1. The largest absolute Gasteiger partial charge is 0.378 e. The summed E-state index contributed by atoms with van der Waals surface area (Å²) in [5, 5.41) is 3.19. The van der Waals surface area contributed by atoms with Crippen LogP contribution in [0.15, 0.2) is 0 Å². The predicted molar refractivity (Wildman–Crippen MR) is 71.4 cm³/mol. The number of rotatable bonds is 6. The summed E-state index contributed by atoms with van der Waals surface area (Å²) in [7, 11) is 1.96. The molecule has 1 heterocycles. The number of hydrogen-bond donors (Lipinski definition) is 1. The molecule has 18 heavy (non-hydrogen) atoms. The van der Waals surface area contributed by atoms with Crippen LogP contribution in [-0.4, -0.2) is 49.7 Å². The Morgan fingerprint density at radius 3 is 2.89 bits per heavy atom. The molecule has 4 nitrogen and oxygen atoms in total. The quantitative estimate of drug-likeness (QED) is 0.779. The maximum Gasteiger partial charge on any atom is 0.223 e. The third kappa shape index (κ3) is 3.23. The minimum Gasteiger partial charge on any atom is -0.378 e. The molecule has 2 aliphatic rings. The van der Waals surface area contributed by atoms with E-state index in [2.05, 4.69) is 10.2 Å². The fourth-order valence-corrected chi connectivity index (χ4v) is 3.19. The zero-order chi connectivity index (χ0) is 13.0. The van der Waals surface area contributed by atoms with Gasteiger partial charge < -0.3 is 15.0 Å². The first kappa shape index (κ1) is 13.8. The van der Waals surface area contributed by atoms with Gasteiger partial charge in [0.15, 0.2) is 0 Å². The molecule has 0 bridgehead atoms. The van der Waals surface area contributed by atoms with Crippen molar-refractivity contribution >= 4 is 5.91 Å².